The molecule has 0 aliphatic heterocycles. The zero-order chi connectivity index (χ0) is 9.26. The number of benzene rings is 1. The highest BCUT2D eigenvalue weighted by atomic mass is 16.5. The molecule has 2 rings (SSSR count). The minimum absolute atomic E-state index is 0.213. The van der Waals surface area contributed by atoms with Crippen molar-refractivity contribution in [3.05, 3.63) is 41.5 Å². The molecule has 0 saturated heterocycles. The van der Waals surface area contributed by atoms with Crippen LogP contribution in [0.5, 0.6) is 0 Å². The monoisotopic (exact) mass is 176 g/mol. The van der Waals surface area contributed by atoms with Gasteiger partial charge in [0.1, 0.15) is 12.2 Å². The SMILES string of the molecule is CO[C@@H]1C=Cc2ccccc2[C@@H]1O. The van der Waals surface area contributed by atoms with Crippen LogP contribution >= 0.6 is 0 Å². The Morgan fingerprint density at radius 2 is 2.08 bits per heavy atom. The van der Waals surface area contributed by atoms with Gasteiger partial charge in [0.2, 0.25) is 0 Å². The molecule has 0 bridgehead atoms. The topological polar surface area (TPSA) is 29.5 Å². The van der Waals surface area contributed by atoms with Gasteiger partial charge in [0.25, 0.3) is 0 Å². The van der Waals surface area contributed by atoms with Crippen molar-refractivity contribution >= 4 is 6.08 Å². The van der Waals surface area contributed by atoms with Crippen molar-refractivity contribution in [3.63, 3.8) is 0 Å². The summed E-state index contributed by atoms with van der Waals surface area (Å²) in [5, 5.41) is 9.84. The first-order valence-corrected chi connectivity index (χ1v) is 4.31. The van der Waals surface area contributed by atoms with Crippen molar-refractivity contribution in [3.8, 4) is 0 Å². The van der Waals surface area contributed by atoms with E-state index >= 15 is 0 Å². The van der Waals surface area contributed by atoms with E-state index in [0.717, 1.165) is 11.1 Å². The summed E-state index contributed by atoms with van der Waals surface area (Å²) < 4.78 is 5.12. The Bertz CT molecular complexity index is 331. The maximum absolute atomic E-state index is 9.84. The summed E-state index contributed by atoms with van der Waals surface area (Å²) in [6, 6.07) is 7.80. The molecule has 0 amide bonds. The highest BCUT2D eigenvalue weighted by molar-refractivity contribution is 5.58. The second-order valence-electron chi connectivity index (χ2n) is 3.13. The van der Waals surface area contributed by atoms with E-state index in [0.29, 0.717) is 0 Å². The van der Waals surface area contributed by atoms with Crippen LogP contribution in [-0.4, -0.2) is 18.3 Å². The maximum atomic E-state index is 9.84. The van der Waals surface area contributed by atoms with Gasteiger partial charge in [-0.3, -0.25) is 0 Å². The van der Waals surface area contributed by atoms with Gasteiger partial charge in [-0.1, -0.05) is 36.4 Å². The first-order chi connectivity index (χ1) is 6.33. The van der Waals surface area contributed by atoms with Gasteiger partial charge in [0, 0.05) is 7.11 Å². The quantitative estimate of drug-likeness (QED) is 0.706. The molecule has 2 atom stereocenters. The molecule has 0 aromatic heterocycles. The van der Waals surface area contributed by atoms with E-state index in [1.54, 1.807) is 7.11 Å². The third-order valence-corrected chi connectivity index (χ3v) is 2.36. The molecule has 1 aliphatic carbocycles. The Kier molecular flexibility index (Phi) is 2.17. The van der Waals surface area contributed by atoms with E-state index < -0.39 is 6.10 Å². The van der Waals surface area contributed by atoms with Gasteiger partial charge in [0.15, 0.2) is 0 Å². The molecule has 0 heterocycles. The molecule has 2 nitrogen and oxygen atoms in total. The molecule has 0 radical (unpaired) electrons. The van der Waals surface area contributed by atoms with Gasteiger partial charge in [-0.2, -0.15) is 0 Å². The zero-order valence-electron chi connectivity index (χ0n) is 7.47. The lowest BCUT2D eigenvalue weighted by Crippen LogP contribution is -2.21. The standard InChI is InChI=1S/C11H12O2/c1-13-10-7-6-8-4-2-3-5-9(8)11(10)12/h2-7,10-12H,1H3/t10-,11+/m1/s1. The van der Waals surface area contributed by atoms with Gasteiger partial charge in [0.05, 0.1) is 0 Å². The second-order valence-corrected chi connectivity index (χ2v) is 3.13. The Morgan fingerprint density at radius 3 is 2.85 bits per heavy atom. The molecule has 0 fully saturated rings. The summed E-state index contributed by atoms with van der Waals surface area (Å²) in [6.45, 7) is 0. The normalized spacial score (nSPS) is 25.7. The lowest BCUT2D eigenvalue weighted by molar-refractivity contribution is 0.0150. The van der Waals surface area contributed by atoms with Gasteiger partial charge in [-0.05, 0) is 11.1 Å². The molecule has 68 valence electrons. The number of hydrogen-bond acceptors (Lipinski definition) is 2. The molecular weight excluding hydrogens is 164 g/mol. The minimum Gasteiger partial charge on any atom is -0.385 e. The van der Waals surface area contributed by atoms with Crippen LogP contribution in [-0.2, 0) is 4.74 Å². The largest absolute Gasteiger partial charge is 0.385 e. The number of aliphatic hydroxyl groups is 1. The summed E-state index contributed by atoms with van der Waals surface area (Å²) in [4.78, 5) is 0. The summed E-state index contributed by atoms with van der Waals surface area (Å²) in [5.74, 6) is 0. The number of aliphatic hydroxyl groups excluding tert-OH is 1. The smallest absolute Gasteiger partial charge is 0.109 e. The highest BCUT2D eigenvalue weighted by Gasteiger charge is 2.22. The Balaban J connectivity index is 2.42. The van der Waals surface area contributed by atoms with Crippen molar-refractivity contribution in [2.24, 2.45) is 0 Å². The lowest BCUT2D eigenvalue weighted by Gasteiger charge is -2.24. The van der Waals surface area contributed by atoms with E-state index in [9.17, 15) is 5.11 Å². The average Bonchev–Trinajstić information content (AvgIpc) is 2.19. The van der Waals surface area contributed by atoms with Gasteiger partial charge in [-0.25, -0.2) is 0 Å². The molecule has 1 aliphatic rings. The van der Waals surface area contributed by atoms with Crippen molar-refractivity contribution in [2.45, 2.75) is 12.2 Å². The van der Waals surface area contributed by atoms with Gasteiger partial charge < -0.3 is 9.84 Å². The number of methoxy groups -OCH3 is 1. The van der Waals surface area contributed by atoms with Crippen molar-refractivity contribution in [1.82, 2.24) is 0 Å². The summed E-state index contributed by atoms with van der Waals surface area (Å²) in [7, 11) is 1.60. The van der Waals surface area contributed by atoms with Gasteiger partial charge >= 0.3 is 0 Å². The van der Waals surface area contributed by atoms with Crippen LogP contribution in [0.15, 0.2) is 30.3 Å². The third kappa shape index (κ3) is 1.39. The fraction of sp³-hybridized carbons (Fsp3) is 0.273. The Morgan fingerprint density at radius 1 is 1.31 bits per heavy atom. The van der Waals surface area contributed by atoms with Crippen molar-refractivity contribution < 1.29 is 9.84 Å². The highest BCUT2D eigenvalue weighted by Crippen LogP contribution is 2.28. The second kappa shape index (κ2) is 3.32. The molecule has 0 unspecified atom stereocenters. The average molecular weight is 176 g/mol. The predicted octanol–water partition coefficient (Wildman–Crippen LogP) is 1.76. The van der Waals surface area contributed by atoms with Gasteiger partial charge in [-0.15, -0.1) is 0 Å². The fourth-order valence-electron chi connectivity index (χ4n) is 1.62. The van der Waals surface area contributed by atoms with E-state index in [-0.39, 0.29) is 6.10 Å². The molecule has 2 heteroatoms. The summed E-state index contributed by atoms with van der Waals surface area (Å²) >= 11 is 0. The number of ether oxygens (including phenoxy) is 1. The first-order valence-electron chi connectivity index (χ1n) is 4.31. The molecule has 0 saturated carbocycles. The minimum atomic E-state index is -0.536. The molecular formula is C11H12O2. The first kappa shape index (κ1) is 8.48. The Labute approximate surface area is 77.5 Å². The van der Waals surface area contributed by atoms with E-state index in [4.69, 9.17) is 4.74 Å². The lowest BCUT2D eigenvalue weighted by atomic mass is 9.93. The van der Waals surface area contributed by atoms with Crippen LogP contribution in [0.4, 0.5) is 0 Å². The summed E-state index contributed by atoms with van der Waals surface area (Å²) in [5.41, 5.74) is 2.01. The molecule has 1 N–H and O–H groups in total. The van der Waals surface area contributed by atoms with Crippen LogP contribution in [0.2, 0.25) is 0 Å². The van der Waals surface area contributed by atoms with Crippen LogP contribution in [0, 0.1) is 0 Å². The Hall–Kier alpha value is -1.12. The molecule has 1 aromatic carbocycles. The van der Waals surface area contributed by atoms with Crippen LogP contribution in [0.3, 0.4) is 0 Å². The maximum Gasteiger partial charge on any atom is 0.109 e. The number of hydrogen-bond donors (Lipinski definition) is 1. The molecule has 13 heavy (non-hydrogen) atoms. The van der Waals surface area contributed by atoms with Crippen LogP contribution in [0.25, 0.3) is 6.08 Å². The fourth-order valence-corrected chi connectivity index (χ4v) is 1.62. The van der Waals surface area contributed by atoms with Crippen LogP contribution < -0.4 is 0 Å². The van der Waals surface area contributed by atoms with Crippen molar-refractivity contribution in [1.29, 1.82) is 0 Å². The zero-order valence-corrected chi connectivity index (χ0v) is 7.47. The number of rotatable bonds is 1. The number of fused-ring (bicyclic) bond motifs is 1. The van der Waals surface area contributed by atoms with E-state index in [1.165, 1.54) is 0 Å². The molecule has 0 spiro atoms. The summed E-state index contributed by atoms with van der Waals surface area (Å²) in [6.07, 6.45) is 3.12. The van der Waals surface area contributed by atoms with Crippen molar-refractivity contribution in [2.75, 3.05) is 7.11 Å². The molecule has 1 aromatic rings. The van der Waals surface area contributed by atoms with Crippen LogP contribution in [0.1, 0.15) is 17.2 Å². The van der Waals surface area contributed by atoms with E-state index in [1.807, 2.05) is 36.4 Å². The van der Waals surface area contributed by atoms with E-state index in [2.05, 4.69) is 0 Å². The predicted molar refractivity (Wildman–Crippen MR) is 51.2 cm³/mol. The third-order valence-electron chi connectivity index (χ3n) is 2.36.